The minimum absolute atomic E-state index is 0.126. The van der Waals surface area contributed by atoms with Crippen LogP contribution in [0.3, 0.4) is 0 Å². The van der Waals surface area contributed by atoms with E-state index in [0.29, 0.717) is 0 Å². The van der Waals surface area contributed by atoms with Crippen LogP contribution < -0.4 is 10.2 Å². The lowest BCUT2D eigenvalue weighted by Gasteiger charge is -2.35. The van der Waals surface area contributed by atoms with Gasteiger partial charge in [0.15, 0.2) is 0 Å². The van der Waals surface area contributed by atoms with Crippen molar-refractivity contribution in [2.75, 3.05) is 18.0 Å². The second-order valence-corrected chi connectivity index (χ2v) is 7.92. The number of amides is 1. The van der Waals surface area contributed by atoms with Crippen molar-refractivity contribution in [1.82, 2.24) is 10.3 Å². The van der Waals surface area contributed by atoms with Crippen LogP contribution >= 0.6 is 11.3 Å². The largest absolute Gasteiger partial charge is 0.354 e. The molecule has 1 saturated heterocycles. The van der Waals surface area contributed by atoms with Gasteiger partial charge >= 0.3 is 0 Å². The molecule has 1 N–H and O–H groups in total. The van der Waals surface area contributed by atoms with Gasteiger partial charge in [0.2, 0.25) is 5.91 Å². The van der Waals surface area contributed by atoms with Gasteiger partial charge in [-0.05, 0) is 30.4 Å². The van der Waals surface area contributed by atoms with E-state index in [-0.39, 0.29) is 17.4 Å². The number of nitrogens with one attached hydrogen (secondary N) is 1. The van der Waals surface area contributed by atoms with Crippen molar-refractivity contribution in [2.24, 2.45) is 5.41 Å². The Bertz CT molecular complexity index is 674. The van der Waals surface area contributed by atoms with E-state index in [1.165, 1.54) is 10.1 Å². The molecule has 0 saturated carbocycles. The third kappa shape index (κ3) is 3.09. The first-order chi connectivity index (χ1) is 10.4. The lowest BCUT2D eigenvalue weighted by Crippen LogP contribution is -2.50. The van der Waals surface area contributed by atoms with E-state index in [9.17, 15) is 4.79 Å². The lowest BCUT2D eigenvalue weighted by atomic mass is 9.94. The fraction of sp³-hybridized carbons (Fsp3) is 0.529. The number of anilines is 1. The third-order valence-corrected chi connectivity index (χ3v) is 4.98. The molecule has 1 amide bonds. The number of nitrogens with zero attached hydrogens (tertiary/aromatic N) is 2. The monoisotopic (exact) mass is 317 g/mol. The summed E-state index contributed by atoms with van der Waals surface area (Å²) in [7, 11) is 0. The fourth-order valence-electron chi connectivity index (χ4n) is 2.82. The predicted molar refractivity (Wildman–Crippen MR) is 92.5 cm³/mol. The number of carbonyl (C=O) groups excluding carboxylic acids is 1. The van der Waals surface area contributed by atoms with Crippen LogP contribution in [0.25, 0.3) is 10.1 Å². The van der Waals surface area contributed by atoms with Crippen molar-refractivity contribution in [2.45, 2.75) is 39.7 Å². The molecule has 0 bridgehead atoms. The van der Waals surface area contributed by atoms with Crippen LogP contribution in [-0.4, -0.2) is 30.0 Å². The molecular weight excluding hydrogens is 294 g/mol. The van der Waals surface area contributed by atoms with E-state index in [4.69, 9.17) is 0 Å². The van der Waals surface area contributed by atoms with E-state index in [1.807, 2.05) is 27.0 Å². The van der Waals surface area contributed by atoms with Crippen molar-refractivity contribution >= 4 is 33.1 Å². The normalized spacial score (nSPS) is 19.4. The van der Waals surface area contributed by atoms with Gasteiger partial charge in [0.25, 0.3) is 0 Å². The molecule has 2 aromatic heterocycles. The summed E-state index contributed by atoms with van der Waals surface area (Å²) < 4.78 is 1.27. The van der Waals surface area contributed by atoms with Gasteiger partial charge in [-0.1, -0.05) is 20.8 Å². The summed E-state index contributed by atoms with van der Waals surface area (Å²) in [5, 5.41) is 6.52. The zero-order valence-electron chi connectivity index (χ0n) is 13.4. The van der Waals surface area contributed by atoms with E-state index < -0.39 is 0 Å². The van der Waals surface area contributed by atoms with Crippen molar-refractivity contribution < 1.29 is 4.79 Å². The van der Waals surface area contributed by atoms with Crippen molar-refractivity contribution in [3.63, 3.8) is 0 Å². The molecule has 0 radical (unpaired) electrons. The van der Waals surface area contributed by atoms with Crippen LogP contribution in [-0.2, 0) is 4.79 Å². The molecule has 3 heterocycles. The highest BCUT2D eigenvalue weighted by Gasteiger charge is 2.27. The smallest absolute Gasteiger partial charge is 0.225 e. The average Bonchev–Trinajstić information content (AvgIpc) is 2.94. The highest BCUT2D eigenvalue weighted by Crippen LogP contribution is 2.30. The van der Waals surface area contributed by atoms with Gasteiger partial charge in [-0.2, -0.15) is 0 Å². The summed E-state index contributed by atoms with van der Waals surface area (Å²) in [6.45, 7) is 7.71. The highest BCUT2D eigenvalue weighted by molar-refractivity contribution is 7.17. The molecule has 1 aliphatic rings. The van der Waals surface area contributed by atoms with E-state index >= 15 is 0 Å². The molecule has 0 aromatic carbocycles. The molecule has 118 valence electrons. The third-order valence-electron chi connectivity index (χ3n) is 4.10. The lowest BCUT2D eigenvalue weighted by molar-refractivity contribution is -0.129. The van der Waals surface area contributed by atoms with Crippen LogP contribution in [0.2, 0.25) is 0 Å². The Morgan fingerprint density at radius 2 is 2.23 bits per heavy atom. The van der Waals surface area contributed by atoms with Gasteiger partial charge in [-0.25, -0.2) is 4.98 Å². The molecule has 22 heavy (non-hydrogen) atoms. The molecule has 4 nitrogen and oxygen atoms in total. The molecule has 5 heteroatoms. The molecule has 1 unspecified atom stereocenters. The molecule has 0 spiro atoms. The van der Waals surface area contributed by atoms with E-state index in [0.717, 1.165) is 31.7 Å². The van der Waals surface area contributed by atoms with Crippen molar-refractivity contribution in [3.8, 4) is 0 Å². The number of hydrogen-bond acceptors (Lipinski definition) is 4. The number of carbonyl (C=O) groups is 1. The van der Waals surface area contributed by atoms with Gasteiger partial charge < -0.3 is 10.2 Å². The van der Waals surface area contributed by atoms with Crippen molar-refractivity contribution in [1.29, 1.82) is 0 Å². The van der Waals surface area contributed by atoms with Crippen molar-refractivity contribution in [3.05, 3.63) is 23.7 Å². The second-order valence-electron chi connectivity index (χ2n) is 6.98. The molecule has 1 aliphatic heterocycles. The van der Waals surface area contributed by atoms with E-state index in [2.05, 4.69) is 32.7 Å². The minimum atomic E-state index is -0.339. The van der Waals surface area contributed by atoms with Crippen LogP contribution in [0.4, 0.5) is 5.82 Å². The van der Waals surface area contributed by atoms with Gasteiger partial charge in [-0.3, -0.25) is 4.79 Å². The van der Waals surface area contributed by atoms with Crippen LogP contribution in [0.1, 0.15) is 33.6 Å². The van der Waals surface area contributed by atoms with Crippen LogP contribution in [0, 0.1) is 5.41 Å². The standard InChI is InChI=1S/C17H23N3OS/c1-17(2,3)16(21)19-12-5-4-9-20(11-12)15-13-7-10-22-14(13)6-8-18-15/h6-8,10,12H,4-5,9,11H2,1-3H3,(H,19,21). The summed E-state index contributed by atoms with van der Waals surface area (Å²) in [6, 6.07) is 4.41. The number of pyridine rings is 1. The van der Waals surface area contributed by atoms with Gasteiger partial charge in [-0.15, -0.1) is 11.3 Å². The molecule has 1 fully saturated rings. The quantitative estimate of drug-likeness (QED) is 0.923. The topological polar surface area (TPSA) is 45.2 Å². The number of hydrogen-bond donors (Lipinski definition) is 1. The number of fused-ring (bicyclic) bond motifs is 1. The van der Waals surface area contributed by atoms with E-state index in [1.54, 1.807) is 11.3 Å². The minimum Gasteiger partial charge on any atom is -0.354 e. The fourth-order valence-corrected chi connectivity index (χ4v) is 3.60. The Kier molecular flexibility index (Phi) is 4.08. The molecule has 0 aliphatic carbocycles. The molecule has 3 rings (SSSR count). The maximum atomic E-state index is 12.2. The summed E-state index contributed by atoms with van der Waals surface area (Å²) in [5.41, 5.74) is -0.339. The van der Waals surface area contributed by atoms with Gasteiger partial charge in [0.05, 0.1) is 0 Å². The Morgan fingerprint density at radius 3 is 3.00 bits per heavy atom. The number of piperidine rings is 1. The molecule has 1 atom stereocenters. The number of thiophene rings is 1. The summed E-state index contributed by atoms with van der Waals surface area (Å²) in [4.78, 5) is 19.1. The second kappa shape index (κ2) is 5.88. The SMILES string of the molecule is CC(C)(C)C(=O)NC1CCCN(c2nccc3sccc23)C1. The summed E-state index contributed by atoms with van der Waals surface area (Å²) in [6.07, 6.45) is 4.00. The summed E-state index contributed by atoms with van der Waals surface area (Å²) in [5.74, 6) is 1.18. The Balaban J connectivity index is 1.76. The highest BCUT2D eigenvalue weighted by atomic mass is 32.1. The Morgan fingerprint density at radius 1 is 1.41 bits per heavy atom. The first kappa shape index (κ1) is 15.3. The van der Waals surface area contributed by atoms with Gasteiger partial charge in [0, 0.05) is 40.8 Å². The number of rotatable bonds is 2. The zero-order valence-corrected chi connectivity index (χ0v) is 14.2. The maximum Gasteiger partial charge on any atom is 0.225 e. The first-order valence-corrected chi connectivity index (χ1v) is 8.71. The number of aromatic nitrogens is 1. The first-order valence-electron chi connectivity index (χ1n) is 7.83. The van der Waals surface area contributed by atoms with Crippen LogP contribution in [0.15, 0.2) is 23.7 Å². The van der Waals surface area contributed by atoms with Crippen LogP contribution in [0.5, 0.6) is 0 Å². The molecular formula is C17H23N3OS. The average molecular weight is 317 g/mol. The maximum absolute atomic E-state index is 12.2. The predicted octanol–water partition coefficient (Wildman–Crippen LogP) is 3.43. The summed E-state index contributed by atoms with van der Waals surface area (Å²) >= 11 is 1.74. The van der Waals surface area contributed by atoms with Gasteiger partial charge in [0.1, 0.15) is 5.82 Å². The molecule has 2 aromatic rings. The zero-order chi connectivity index (χ0) is 15.7. The Hall–Kier alpha value is -1.62. The Labute approximate surface area is 135 Å².